The summed E-state index contributed by atoms with van der Waals surface area (Å²) in [5.74, 6) is 6.77. The maximum atomic E-state index is 5.78. The van der Waals surface area contributed by atoms with E-state index in [2.05, 4.69) is 17.2 Å². The molecule has 0 amide bonds. The van der Waals surface area contributed by atoms with Crippen molar-refractivity contribution in [1.29, 1.82) is 0 Å². The highest BCUT2D eigenvalue weighted by molar-refractivity contribution is 6.30. The molecule has 0 radical (unpaired) electrons. The highest BCUT2D eigenvalue weighted by atomic mass is 35.5. The molecule has 0 saturated carbocycles. The quantitative estimate of drug-likeness (QED) is 0.664. The monoisotopic (exact) mass is 279 g/mol. The second-order valence-corrected chi connectivity index (χ2v) is 4.80. The average Bonchev–Trinajstić information content (AvgIpc) is 2.93. The smallest absolute Gasteiger partial charge is 0.149 e. The molecule has 2 rings (SSSR count). The van der Waals surface area contributed by atoms with Crippen LogP contribution in [0.4, 0.5) is 0 Å². The maximum absolute atomic E-state index is 5.78. The Bertz CT molecular complexity index is 430. The molecule has 4 heteroatoms. The van der Waals surface area contributed by atoms with E-state index in [9.17, 15) is 0 Å². The van der Waals surface area contributed by atoms with Crippen molar-refractivity contribution in [2.75, 3.05) is 26.3 Å². The minimum atomic E-state index is 0.368. The molecule has 0 bridgehead atoms. The van der Waals surface area contributed by atoms with Crippen molar-refractivity contribution in [3.63, 3.8) is 0 Å². The molecule has 0 aliphatic carbocycles. The van der Waals surface area contributed by atoms with Gasteiger partial charge in [-0.25, -0.2) is 0 Å². The van der Waals surface area contributed by atoms with E-state index in [-0.39, 0.29) is 0 Å². The number of rotatable bonds is 5. The summed E-state index contributed by atoms with van der Waals surface area (Å²) in [6.45, 7) is 2.84. The molecule has 1 aliphatic rings. The first-order valence-electron chi connectivity index (χ1n) is 6.51. The Morgan fingerprint density at radius 1 is 1.32 bits per heavy atom. The van der Waals surface area contributed by atoms with Crippen LogP contribution in [-0.4, -0.2) is 32.4 Å². The zero-order valence-corrected chi connectivity index (χ0v) is 11.6. The Morgan fingerprint density at radius 3 is 2.89 bits per heavy atom. The molecule has 1 heterocycles. The van der Waals surface area contributed by atoms with Crippen molar-refractivity contribution in [3.8, 4) is 17.6 Å². The standard InChI is InChI=1S/C15H18ClNO2/c16-13-5-7-14(8-6-13)18-10-2-1-9-17-12-15-4-3-11-19-15/h5-8,15,17H,3-4,9-12H2/t15-/m0/s1. The molecule has 3 nitrogen and oxygen atoms in total. The number of halogens is 1. The van der Waals surface area contributed by atoms with Crippen LogP contribution in [0.25, 0.3) is 0 Å². The molecule has 1 N–H and O–H groups in total. The fraction of sp³-hybridized carbons (Fsp3) is 0.467. The molecule has 1 fully saturated rings. The lowest BCUT2D eigenvalue weighted by Gasteiger charge is -2.07. The second-order valence-electron chi connectivity index (χ2n) is 4.36. The Labute approximate surface area is 119 Å². The fourth-order valence-electron chi connectivity index (χ4n) is 1.86. The third kappa shape index (κ3) is 5.52. The van der Waals surface area contributed by atoms with Crippen LogP contribution in [0.1, 0.15) is 12.8 Å². The third-order valence-electron chi connectivity index (χ3n) is 2.86. The first kappa shape index (κ1) is 14.2. The topological polar surface area (TPSA) is 30.5 Å². The van der Waals surface area contributed by atoms with Crippen molar-refractivity contribution in [1.82, 2.24) is 5.32 Å². The van der Waals surface area contributed by atoms with Crippen LogP contribution in [0, 0.1) is 11.8 Å². The van der Waals surface area contributed by atoms with Gasteiger partial charge in [0, 0.05) is 18.2 Å². The number of hydrogen-bond acceptors (Lipinski definition) is 3. The van der Waals surface area contributed by atoms with Crippen LogP contribution < -0.4 is 10.1 Å². The zero-order chi connectivity index (χ0) is 13.3. The molecular formula is C15H18ClNO2. The van der Waals surface area contributed by atoms with Crippen LogP contribution in [0.5, 0.6) is 5.75 Å². The fourth-order valence-corrected chi connectivity index (χ4v) is 1.99. The molecule has 1 atom stereocenters. The summed E-state index contributed by atoms with van der Waals surface area (Å²) in [7, 11) is 0. The number of benzene rings is 1. The molecule has 102 valence electrons. The highest BCUT2D eigenvalue weighted by Gasteiger charge is 2.13. The van der Waals surface area contributed by atoms with Gasteiger partial charge in [-0.15, -0.1) is 0 Å². The number of hydrogen-bond donors (Lipinski definition) is 1. The summed E-state index contributed by atoms with van der Waals surface area (Å²) < 4.78 is 11.0. The van der Waals surface area contributed by atoms with Crippen molar-refractivity contribution < 1.29 is 9.47 Å². The van der Waals surface area contributed by atoms with Crippen LogP contribution >= 0.6 is 11.6 Å². The van der Waals surface area contributed by atoms with Gasteiger partial charge in [-0.05, 0) is 37.1 Å². The van der Waals surface area contributed by atoms with E-state index in [0.717, 1.165) is 25.3 Å². The van der Waals surface area contributed by atoms with Crippen molar-refractivity contribution >= 4 is 11.6 Å². The van der Waals surface area contributed by atoms with Crippen LogP contribution in [0.15, 0.2) is 24.3 Å². The summed E-state index contributed by atoms with van der Waals surface area (Å²) in [6.07, 6.45) is 2.69. The van der Waals surface area contributed by atoms with Gasteiger partial charge in [0.25, 0.3) is 0 Å². The Kier molecular flexibility index (Phi) is 6.03. The summed E-state index contributed by atoms with van der Waals surface area (Å²) in [5.41, 5.74) is 0. The summed E-state index contributed by atoms with van der Waals surface area (Å²) >= 11 is 5.78. The van der Waals surface area contributed by atoms with Crippen LogP contribution in [-0.2, 0) is 4.74 Å². The van der Waals surface area contributed by atoms with E-state index in [0.29, 0.717) is 24.3 Å². The van der Waals surface area contributed by atoms with Crippen molar-refractivity contribution in [2.45, 2.75) is 18.9 Å². The van der Waals surface area contributed by atoms with Gasteiger partial charge in [0.2, 0.25) is 0 Å². The summed E-state index contributed by atoms with van der Waals surface area (Å²) in [5, 5.41) is 3.97. The molecular weight excluding hydrogens is 262 g/mol. The predicted molar refractivity (Wildman–Crippen MR) is 76.6 cm³/mol. The van der Waals surface area contributed by atoms with Gasteiger partial charge in [-0.3, -0.25) is 0 Å². The molecule has 0 aromatic heterocycles. The lowest BCUT2D eigenvalue weighted by Crippen LogP contribution is -2.26. The third-order valence-corrected chi connectivity index (χ3v) is 3.11. The Morgan fingerprint density at radius 2 is 2.16 bits per heavy atom. The number of nitrogens with one attached hydrogen (secondary N) is 1. The van der Waals surface area contributed by atoms with E-state index in [1.165, 1.54) is 6.42 Å². The first-order chi connectivity index (χ1) is 9.34. The zero-order valence-electron chi connectivity index (χ0n) is 10.8. The largest absolute Gasteiger partial charge is 0.481 e. The maximum Gasteiger partial charge on any atom is 0.149 e. The summed E-state index contributed by atoms with van der Waals surface area (Å²) in [4.78, 5) is 0. The Hall–Kier alpha value is -1.21. The minimum absolute atomic E-state index is 0.368. The number of ether oxygens (including phenoxy) is 2. The second kappa shape index (κ2) is 8.06. The highest BCUT2D eigenvalue weighted by Crippen LogP contribution is 2.15. The molecule has 1 saturated heterocycles. The molecule has 19 heavy (non-hydrogen) atoms. The van der Waals surface area contributed by atoms with Crippen LogP contribution in [0.3, 0.4) is 0 Å². The van der Waals surface area contributed by atoms with Gasteiger partial charge < -0.3 is 14.8 Å². The van der Waals surface area contributed by atoms with Gasteiger partial charge in [-0.1, -0.05) is 23.4 Å². The first-order valence-corrected chi connectivity index (χ1v) is 6.89. The van der Waals surface area contributed by atoms with Gasteiger partial charge in [-0.2, -0.15) is 0 Å². The van der Waals surface area contributed by atoms with E-state index < -0.39 is 0 Å². The minimum Gasteiger partial charge on any atom is -0.481 e. The molecule has 1 aromatic carbocycles. The van der Waals surface area contributed by atoms with Crippen LogP contribution in [0.2, 0.25) is 5.02 Å². The molecule has 0 unspecified atom stereocenters. The molecule has 1 aliphatic heterocycles. The lowest BCUT2D eigenvalue weighted by atomic mass is 10.2. The van der Waals surface area contributed by atoms with Gasteiger partial charge in [0.15, 0.2) is 0 Å². The van der Waals surface area contributed by atoms with E-state index >= 15 is 0 Å². The van der Waals surface area contributed by atoms with Gasteiger partial charge in [0.05, 0.1) is 12.6 Å². The van der Waals surface area contributed by atoms with E-state index in [1.54, 1.807) is 12.1 Å². The van der Waals surface area contributed by atoms with Gasteiger partial charge >= 0.3 is 0 Å². The Balaban J connectivity index is 1.55. The molecule has 1 aromatic rings. The SMILES string of the molecule is Clc1ccc(OCC#CCNC[C@@H]2CCCO2)cc1. The summed E-state index contributed by atoms with van der Waals surface area (Å²) in [6, 6.07) is 7.26. The van der Waals surface area contributed by atoms with E-state index in [1.807, 2.05) is 12.1 Å². The normalized spacial score (nSPS) is 17.8. The van der Waals surface area contributed by atoms with Crippen molar-refractivity contribution in [2.24, 2.45) is 0 Å². The van der Waals surface area contributed by atoms with Gasteiger partial charge in [0.1, 0.15) is 12.4 Å². The average molecular weight is 280 g/mol. The predicted octanol–water partition coefficient (Wildman–Crippen LogP) is 2.49. The lowest BCUT2D eigenvalue weighted by molar-refractivity contribution is 0.111. The van der Waals surface area contributed by atoms with Crippen molar-refractivity contribution in [3.05, 3.63) is 29.3 Å². The van der Waals surface area contributed by atoms with E-state index in [4.69, 9.17) is 21.1 Å². The molecule has 0 spiro atoms.